The molecule has 7 heteroatoms. The summed E-state index contributed by atoms with van der Waals surface area (Å²) in [5.41, 5.74) is 4.51. The molecular formula is C19H19ClFN3O2. The Morgan fingerprint density at radius 2 is 1.81 bits per heavy atom. The molecule has 0 aliphatic rings. The molecule has 0 unspecified atom stereocenters. The molecule has 0 radical (unpaired) electrons. The van der Waals surface area contributed by atoms with Gasteiger partial charge < -0.3 is 5.32 Å². The van der Waals surface area contributed by atoms with Crippen molar-refractivity contribution < 1.29 is 14.0 Å². The molecule has 2 aromatic rings. The van der Waals surface area contributed by atoms with Gasteiger partial charge in [0.05, 0.1) is 6.21 Å². The Labute approximate surface area is 156 Å². The Balaban J connectivity index is 1.70. The van der Waals surface area contributed by atoms with Crippen molar-refractivity contribution in [2.45, 2.75) is 26.2 Å². The van der Waals surface area contributed by atoms with Crippen LogP contribution in [0.25, 0.3) is 0 Å². The van der Waals surface area contributed by atoms with Gasteiger partial charge in [0.1, 0.15) is 5.82 Å². The summed E-state index contributed by atoms with van der Waals surface area (Å²) in [5, 5.41) is 7.16. The molecule has 0 spiro atoms. The molecule has 26 heavy (non-hydrogen) atoms. The summed E-state index contributed by atoms with van der Waals surface area (Å²) in [6.45, 7) is 1.82. The molecule has 0 fully saturated rings. The van der Waals surface area contributed by atoms with Gasteiger partial charge in [-0.25, -0.2) is 9.82 Å². The second kappa shape index (κ2) is 9.68. The van der Waals surface area contributed by atoms with Crippen LogP contribution in [0.15, 0.2) is 47.6 Å². The van der Waals surface area contributed by atoms with Crippen LogP contribution in [0.4, 0.5) is 10.1 Å². The average Bonchev–Trinajstić information content (AvgIpc) is 2.61. The highest BCUT2D eigenvalue weighted by molar-refractivity contribution is 6.31. The summed E-state index contributed by atoms with van der Waals surface area (Å²) in [6, 6.07) is 11.0. The number of amides is 2. The van der Waals surface area contributed by atoms with Gasteiger partial charge in [0.2, 0.25) is 11.8 Å². The van der Waals surface area contributed by atoms with E-state index in [-0.39, 0.29) is 30.5 Å². The maximum atomic E-state index is 12.8. The quantitative estimate of drug-likeness (QED) is 0.566. The fourth-order valence-electron chi connectivity index (χ4n) is 2.15. The summed E-state index contributed by atoms with van der Waals surface area (Å²) in [4.78, 5) is 23.6. The lowest BCUT2D eigenvalue weighted by atomic mass is 10.2. The predicted octanol–water partition coefficient (Wildman–Crippen LogP) is 4.05. The van der Waals surface area contributed by atoms with Crippen LogP contribution in [-0.4, -0.2) is 18.0 Å². The SMILES string of the molecule is Cc1c(Cl)cccc1NC(=O)CCCC(=O)N/N=C\c1ccc(F)cc1. The number of anilines is 1. The number of nitrogens with zero attached hydrogens (tertiary/aromatic N) is 1. The van der Waals surface area contributed by atoms with Gasteiger partial charge in [0, 0.05) is 23.6 Å². The van der Waals surface area contributed by atoms with Crippen LogP contribution in [0.2, 0.25) is 5.02 Å². The maximum Gasteiger partial charge on any atom is 0.240 e. The van der Waals surface area contributed by atoms with E-state index in [9.17, 15) is 14.0 Å². The molecule has 0 saturated carbocycles. The molecule has 0 aliphatic carbocycles. The van der Waals surface area contributed by atoms with Gasteiger partial charge >= 0.3 is 0 Å². The normalized spacial score (nSPS) is 10.7. The van der Waals surface area contributed by atoms with Crippen molar-refractivity contribution >= 4 is 35.3 Å². The lowest BCUT2D eigenvalue weighted by molar-refractivity contribution is -0.121. The number of carbonyl (C=O) groups is 2. The number of rotatable bonds is 7. The van der Waals surface area contributed by atoms with E-state index in [1.165, 1.54) is 18.3 Å². The van der Waals surface area contributed by atoms with Crippen LogP contribution >= 0.6 is 11.6 Å². The van der Waals surface area contributed by atoms with E-state index in [0.717, 1.165) is 5.56 Å². The van der Waals surface area contributed by atoms with Gasteiger partial charge in [-0.2, -0.15) is 5.10 Å². The molecule has 0 atom stereocenters. The Morgan fingerprint density at radius 1 is 1.12 bits per heavy atom. The lowest BCUT2D eigenvalue weighted by Crippen LogP contribution is -2.18. The molecule has 0 aromatic heterocycles. The smallest absolute Gasteiger partial charge is 0.240 e. The minimum atomic E-state index is -0.336. The third-order valence-electron chi connectivity index (χ3n) is 3.62. The predicted molar refractivity (Wildman–Crippen MR) is 101 cm³/mol. The Morgan fingerprint density at radius 3 is 2.54 bits per heavy atom. The minimum absolute atomic E-state index is 0.169. The highest BCUT2D eigenvalue weighted by Gasteiger charge is 2.08. The first-order valence-corrected chi connectivity index (χ1v) is 8.46. The summed E-state index contributed by atoms with van der Waals surface area (Å²) >= 11 is 6.01. The van der Waals surface area contributed by atoms with E-state index < -0.39 is 0 Å². The van der Waals surface area contributed by atoms with Crippen molar-refractivity contribution in [1.82, 2.24) is 5.43 Å². The number of halogens is 2. The van der Waals surface area contributed by atoms with Crippen LogP contribution in [0.3, 0.4) is 0 Å². The van der Waals surface area contributed by atoms with E-state index in [1.807, 2.05) is 6.92 Å². The van der Waals surface area contributed by atoms with Crippen molar-refractivity contribution in [3.63, 3.8) is 0 Å². The summed E-state index contributed by atoms with van der Waals surface area (Å²) in [7, 11) is 0. The molecule has 5 nitrogen and oxygen atoms in total. The van der Waals surface area contributed by atoms with Crippen LogP contribution in [-0.2, 0) is 9.59 Å². The van der Waals surface area contributed by atoms with Crippen molar-refractivity contribution in [2.75, 3.05) is 5.32 Å². The van der Waals surface area contributed by atoms with E-state index in [2.05, 4.69) is 15.8 Å². The number of benzene rings is 2. The Kier molecular flexibility index (Phi) is 7.29. The van der Waals surface area contributed by atoms with E-state index >= 15 is 0 Å². The molecule has 136 valence electrons. The lowest BCUT2D eigenvalue weighted by Gasteiger charge is -2.09. The Bertz CT molecular complexity index is 807. The fourth-order valence-corrected chi connectivity index (χ4v) is 2.32. The van der Waals surface area contributed by atoms with E-state index in [0.29, 0.717) is 22.7 Å². The summed E-state index contributed by atoms with van der Waals surface area (Å²) < 4.78 is 12.8. The topological polar surface area (TPSA) is 70.6 Å². The van der Waals surface area contributed by atoms with Crippen LogP contribution in [0.1, 0.15) is 30.4 Å². The van der Waals surface area contributed by atoms with Crippen molar-refractivity contribution in [1.29, 1.82) is 0 Å². The summed E-state index contributed by atoms with van der Waals surface area (Å²) in [5.74, 6) is -0.814. The highest BCUT2D eigenvalue weighted by atomic mass is 35.5. The number of hydrogen-bond donors (Lipinski definition) is 2. The molecule has 0 aliphatic heterocycles. The third kappa shape index (κ3) is 6.29. The first-order valence-electron chi connectivity index (χ1n) is 8.08. The van der Waals surface area contributed by atoms with Crippen LogP contribution < -0.4 is 10.7 Å². The Hall–Kier alpha value is -2.73. The highest BCUT2D eigenvalue weighted by Crippen LogP contribution is 2.23. The van der Waals surface area contributed by atoms with E-state index in [1.54, 1.807) is 30.3 Å². The van der Waals surface area contributed by atoms with Crippen molar-refractivity contribution in [2.24, 2.45) is 5.10 Å². The molecule has 2 N–H and O–H groups in total. The number of hydrazone groups is 1. The second-order valence-corrected chi connectivity index (χ2v) is 6.07. The van der Waals surface area contributed by atoms with Gasteiger partial charge in [-0.3, -0.25) is 9.59 Å². The number of hydrogen-bond acceptors (Lipinski definition) is 3. The van der Waals surface area contributed by atoms with E-state index in [4.69, 9.17) is 11.6 Å². The van der Waals surface area contributed by atoms with Crippen molar-refractivity contribution in [3.05, 3.63) is 64.4 Å². The molecule has 0 heterocycles. The second-order valence-electron chi connectivity index (χ2n) is 5.66. The molecule has 0 bridgehead atoms. The van der Waals surface area contributed by atoms with Crippen LogP contribution in [0.5, 0.6) is 0 Å². The zero-order valence-corrected chi connectivity index (χ0v) is 15.0. The van der Waals surface area contributed by atoms with Gasteiger partial charge in [-0.1, -0.05) is 29.8 Å². The number of carbonyl (C=O) groups excluding carboxylic acids is 2. The summed E-state index contributed by atoms with van der Waals surface area (Å²) in [6.07, 6.45) is 2.19. The minimum Gasteiger partial charge on any atom is -0.326 e. The molecule has 2 aromatic carbocycles. The molecule has 0 saturated heterocycles. The fraction of sp³-hybridized carbons (Fsp3) is 0.211. The largest absolute Gasteiger partial charge is 0.326 e. The first kappa shape index (κ1) is 19.6. The molecule has 2 amide bonds. The van der Waals surface area contributed by atoms with Crippen LogP contribution in [0, 0.1) is 12.7 Å². The van der Waals surface area contributed by atoms with Gasteiger partial charge in [0.25, 0.3) is 0 Å². The first-order chi connectivity index (χ1) is 12.5. The standard InChI is InChI=1S/C19H19ClFN3O2/c1-13-16(20)4-2-5-17(13)23-18(25)6-3-7-19(26)24-22-12-14-8-10-15(21)11-9-14/h2,4-5,8-12H,3,6-7H2,1H3,(H,23,25)(H,24,26)/b22-12-. The monoisotopic (exact) mass is 375 g/mol. The average molecular weight is 376 g/mol. The molecule has 2 rings (SSSR count). The maximum absolute atomic E-state index is 12.8. The third-order valence-corrected chi connectivity index (χ3v) is 4.03. The van der Waals surface area contributed by atoms with Gasteiger partial charge in [0.15, 0.2) is 0 Å². The zero-order chi connectivity index (χ0) is 18.9. The van der Waals surface area contributed by atoms with Gasteiger partial charge in [-0.05, 0) is 48.7 Å². The zero-order valence-electron chi connectivity index (χ0n) is 14.3. The van der Waals surface area contributed by atoms with Gasteiger partial charge in [-0.15, -0.1) is 0 Å². The number of nitrogens with one attached hydrogen (secondary N) is 2. The van der Waals surface area contributed by atoms with Crippen molar-refractivity contribution in [3.8, 4) is 0 Å². The molecular weight excluding hydrogens is 357 g/mol.